The lowest BCUT2D eigenvalue weighted by molar-refractivity contribution is -0.127. The van der Waals surface area contributed by atoms with E-state index in [9.17, 15) is 4.79 Å². The third-order valence-corrected chi connectivity index (χ3v) is 4.71. The van der Waals surface area contributed by atoms with Gasteiger partial charge in [-0.3, -0.25) is 9.20 Å². The van der Waals surface area contributed by atoms with Crippen LogP contribution in [0.4, 0.5) is 0 Å². The van der Waals surface area contributed by atoms with E-state index < -0.39 is 0 Å². The van der Waals surface area contributed by atoms with Gasteiger partial charge in [0.2, 0.25) is 5.91 Å². The minimum atomic E-state index is -0.0413. The maximum absolute atomic E-state index is 12.7. The number of carbonyl (C=O) groups excluding carboxylic acids is 1. The molecule has 0 N–H and O–H groups in total. The van der Waals surface area contributed by atoms with Crippen LogP contribution >= 0.6 is 0 Å². The van der Waals surface area contributed by atoms with Gasteiger partial charge in [0.25, 0.3) is 0 Å². The standard InChI is InChI=1S/C20H20N4O2/c1-26-16-10-7-15(8-11-16)9-12-19(25)23-14-4-5-17(23)20-22-21-18-6-2-3-13-24(18)20/h2-3,6-13,17H,4-5,14H2,1H3/b12-9+/t17-/m0/s1. The number of hydrogen-bond acceptors (Lipinski definition) is 4. The Morgan fingerprint density at radius 3 is 2.85 bits per heavy atom. The maximum atomic E-state index is 12.7. The minimum absolute atomic E-state index is 0.00370. The molecule has 2 aromatic heterocycles. The van der Waals surface area contributed by atoms with Crippen LogP contribution < -0.4 is 4.74 Å². The van der Waals surface area contributed by atoms with Gasteiger partial charge in [0.05, 0.1) is 13.2 Å². The van der Waals surface area contributed by atoms with Gasteiger partial charge in [-0.05, 0) is 48.7 Å². The lowest BCUT2D eigenvalue weighted by Crippen LogP contribution is -2.30. The number of carbonyl (C=O) groups is 1. The molecule has 0 saturated carbocycles. The average Bonchev–Trinajstić information content (AvgIpc) is 3.33. The van der Waals surface area contributed by atoms with Crippen LogP contribution in [0.15, 0.2) is 54.7 Å². The fourth-order valence-electron chi connectivity index (χ4n) is 3.36. The highest BCUT2D eigenvalue weighted by atomic mass is 16.5. The minimum Gasteiger partial charge on any atom is -0.497 e. The lowest BCUT2D eigenvalue weighted by Gasteiger charge is -2.22. The number of amides is 1. The van der Waals surface area contributed by atoms with E-state index in [0.29, 0.717) is 0 Å². The largest absolute Gasteiger partial charge is 0.497 e. The number of pyridine rings is 1. The SMILES string of the molecule is COc1ccc(/C=C/C(=O)N2CCC[C@H]2c2nnc3ccccn23)cc1. The fourth-order valence-corrected chi connectivity index (χ4v) is 3.36. The summed E-state index contributed by atoms with van der Waals surface area (Å²) in [5.41, 5.74) is 1.76. The molecular weight excluding hydrogens is 328 g/mol. The molecule has 4 rings (SSSR count). The Morgan fingerprint density at radius 1 is 1.19 bits per heavy atom. The van der Waals surface area contributed by atoms with E-state index in [1.807, 2.05) is 64.0 Å². The molecule has 132 valence electrons. The summed E-state index contributed by atoms with van der Waals surface area (Å²) in [6.45, 7) is 0.734. The van der Waals surface area contributed by atoms with Gasteiger partial charge in [0.1, 0.15) is 5.75 Å². The molecular formula is C20H20N4O2. The van der Waals surface area contributed by atoms with Crippen molar-refractivity contribution in [1.82, 2.24) is 19.5 Å². The van der Waals surface area contributed by atoms with E-state index >= 15 is 0 Å². The summed E-state index contributed by atoms with van der Waals surface area (Å²) >= 11 is 0. The second-order valence-corrected chi connectivity index (χ2v) is 6.28. The normalized spacial score (nSPS) is 17.3. The molecule has 0 radical (unpaired) electrons. The van der Waals surface area contributed by atoms with Crippen molar-refractivity contribution in [2.24, 2.45) is 0 Å². The lowest BCUT2D eigenvalue weighted by atomic mass is 10.2. The number of hydrogen-bond donors (Lipinski definition) is 0. The summed E-state index contributed by atoms with van der Waals surface area (Å²) < 4.78 is 7.11. The molecule has 3 aromatic rings. The van der Waals surface area contributed by atoms with Crippen LogP contribution in [-0.2, 0) is 4.79 Å². The molecule has 1 amide bonds. The predicted molar refractivity (Wildman–Crippen MR) is 98.7 cm³/mol. The summed E-state index contributed by atoms with van der Waals surface area (Å²) in [6.07, 6.45) is 7.27. The first-order valence-corrected chi connectivity index (χ1v) is 8.68. The highest BCUT2D eigenvalue weighted by molar-refractivity contribution is 5.92. The number of nitrogens with zero attached hydrogens (tertiary/aromatic N) is 4. The van der Waals surface area contributed by atoms with E-state index in [1.165, 1.54) is 0 Å². The number of rotatable bonds is 4. The Labute approximate surface area is 151 Å². The van der Waals surface area contributed by atoms with Gasteiger partial charge in [-0.1, -0.05) is 18.2 Å². The molecule has 1 fully saturated rings. The van der Waals surface area contributed by atoms with E-state index in [2.05, 4.69) is 10.2 Å². The van der Waals surface area contributed by atoms with Crippen LogP contribution in [0.2, 0.25) is 0 Å². The van der Waals surface area contributed by atoms with Gasteiger partial charge in [0, 0.05) is 18.8 Å². The molecule has 0 spiro atoms. The van der Waals surface area contributed by atoms with Crippen molar-refractivity contribution in [1.29, 1.82) is 0 Å². The van der Waals surface area contributed by atoms with E-state index in [4.69, 9.17) is 4.74 Å². The Kier molecular flexibility index (Phi) is 4.39. The molecule has 6 nitrogen and oxygen atoms in total. The molecule has 0 bridgehead atoms. The molecule has 6 heteroatoms. The molecule has 26 heavy (non-hydrogen) atoms. The molecule has 1 saturated heterocycles. The van der Waals surface area contributed by atoms with Crippen LogP contribution in [0.25, 0.3) is 11.7 Å². The van der Waals surface area contributed by atoms with Crippen LogP contribution in [-0.4, -0.2) is 39.1 Å². The summed E-state index contributed by atoms with van der Waals surface area (Å²) in [5, 5.41) is 8.54. The molecule has 1 atom stereocenters. The van der Waals surface area contributed by atoms with Crippen molar-refractivity contribution in [3.8, 4) is 5.75 Å². The van der Waals surface area contributed by atoms with Gasteiger partial charge >= 0.3 is 0 Å². The van der Waals surface area contributed by atoms with E-state index in [1.54, 1.807) is 13.2 Å². The first-order chi connectivity index (χ1) is 12.8. The van der Waals surface area contributed by atoms with Gasteiger partial charge in [0.15, 0.2) is 11.5 Å². The van der Waals surface area contributed by atoms with Gasteiger partial charge in [-0.15, -0.1) is 10.2 Å². The summed E-state index contributed by atoms with van der Waals surface area (Å²) in [5.74, 6) is 1.62. The molecule has 0 unspecified atom stereocenters. The summed E-state index contributed by atoms with van der Waals surface area (Å²) in [6, 6.07) is 13.4. The van der Waals surface area contributed by atoms with Crippen molar-refractivity contribution in [3.05, 3.63) is 66.1 Å². The first-order valence-electron chi connectivity index (χ1n) is 8.68. The van der Waals surface area contributed by atoms with Crippen LogP contribution in [0.5, 0.6) is 5.75 Å². The van der Waals surface area contributed by atoms with Crippen LogP contribution in [0.3, 0.4) is 0 Å². The number of benzene rings is 1. The number of methoxy groups -OCH3 is 1. The van der Waals surface area contributed by atoms with Crippen molar-refractivity contribution in [2.75, 3.05) is 13.7 Å². The summed E-state index contributed by atoms with van der Waals surface area (Å²) in [7, 11) is 1.63. The average molecular weight is 348 g/mol. The van der Waals surface area contributed by atoms with Crippen molar-refractivity contribution >= 4 is 17.6 Å². The highest BCUT2D eigenvalue weighted by Gasteiger charge is 2.32. The second-order valence-electron chi connectivity index (χ2n) is 6.28. The smallest absolute Gasteiger partial charge is 0.247 e. The third-order valence-electron chi connectivity index (χ3n) is 4.71. The molecule has 3 heterocycles. The second kappa shape index (κ2) is 7.00. The zero-order valence-electron chi connectivity index (χ0n) is 14.6. The quantitative estimate of drug-likeness (QED) is 0.680. The number of fused-ring (bicyclic) bond motifs is 1. The monoisotopic (exact) mass is 348 g/mol. The topological polar surface area (TPSA) is 59.7 Å². The van der Waals surface area contributed by atoms with Crippen molar-refractivity contribution in [2.45, 2.75) is 18.9 Å². The Hall–Kier alpha value is -3.15. The molecule has 1 aliphatic heterocycles. The zero-order valence-corrected chi connectivity index (χ0v) is 14.6. The van der Waals surface area contributed by atoms with Crippen LogP contribution in [0, 0.1) is 0 Å². The van der Waals surface area contributed by atoms with Gasteiger partial charge in [-0.25, -0.2) is 0 Å². The van der Waals surface area contributed by atoms with Gasteiger partial charge in [-0.2, -0.15) is 0 Å². The Bertz CT molecular complexity index is 946. The summed E-state index contributed by atoms with van der Waals surface area (Å²) in [4.78, 5) is 14.6. The van der Waals surface area contributed by atoms with Gasteiger partial charge < -0.3 is 9.64 Å². The predicted octanol–water partition coefficient (Wildman–Crippen LogP) is 3.11. The Balaban J connectivity index is 1.54. The number of aromatic nitrogens is 3. The van der Waals surface area contributed by atoms with Crippen LogP contribution in [0.1, 0.15) is 30.3 Å². The van der Waals surface area contributed by atoms with E-state index in [-0.39, 0.29) is 11.9 Å². The highest BCUT2D eigenvalue weighted by Crippen LogP contribution is 2.31. The molecule has 0 aliphatic carbocycles. The zero-order chi connectivity index (χ0) is 17.9. The molecule has 1 aliphatic rings. The Morgan fingerprint density at radius 2 is 2.04 bits per heavy atom. The first kappa shape index (κ1) is 16.3. The maximum Gasteiger partial charge on any atom is 0.247 e. The third kappa shape index (κ3) is 3.06. The number of likely N-dealkylation sites (tertiary alicyclic amines) is 1. The fraction of sp³-hybridized carbons (Fsp3) is 0.250. The molecule has 1 aromatic carbocycles. The van der Waals surface area contributed by atoms with Crippen molar-refractivity contribution < 1.29 is 9.53 Å². The van der Waals surface area contributed by atoms with E-state index in [0.717, 1.165) is 42.2 Å². The van der Waals surface area contributed by atoms with Crippen molar-refractivity contribution in [3.63, 3.8) is 0 Å². The number of ether oxygens (including phenoxy) is 1.